The molecule has 1 heterocycles. The van der Waals surface area contributed by atoms with Gasteiger partial charge in [-0.25, -0.2) is 0 Å². The van der Waals surface area contributed by atoms with E-state index < -0.39 is 0 Å². The van der Waals surface area contributed by atoms with Crippen LogP contribution in [0.25, 0.3) is 0 Å². The third-order valence-electron chi connectivity index (χ3n) is 3.17. The van der Waals surface area contributed by atoms with Gasteiger partial charge in [-0.15, -0.1) is 0 Å². The zero-order valence-corrected chi connectivity index (χ0v) is 12.1. The van der Waals surface area contributed by atoms with Crippen LogP contribution in [0.4, 0.5) is 0 Å². The molecule has 3 heteroatoms. The third-order valence-corrected chi connectivity index (χ3v) is 3.17. The highest BCUT2D eigenvalue weighted by Crippen LogP contribution is 2.06. The molecule has 0 bridgehead atoms. The molecule has 0 aliphatic heterocycles. The lowest BCUT2D eigenvalue weighted by molar-refractivity contribution is 0.521. The summed E-state index contributed by atoms with van der Waals surface area (Å²) in [6, 6.07) is 2.12. The average molecular weight is 251 g/mol. The predicted octanol–water partition coefficient (Wildman–Crippen LogP) is 3.74. The number of nitrogens with zero attached hydrogens (tertiary/aromatic N) is 2. The Bertz CT molecular complexity index is 294. The van der Waals surface area contributed by atoms with Crippen molar-refractivity contribution in [3.8, 4) is 0 Å². The number of rotatable bonds is 11. The Morgan fingerprint density at radius 2 is 1.83 bits per heavy atom. The summed E-state index contributed by atoms with van der Waals surface area (Å²) in [6.07, 6.45) is 11.4. The summed E-state index contributed by atoms with van der Waals surface area (Å²) in [5.74, 6) is 0. The number of aryl methyl sites for hydroxylation is 1. The molecule has 0 aliphatic rings. The maximum Gasteiger partial charge on any atom is 0.0762 e. The van der Waals surface area contributed by atoms with Crippen molar-refractivity contribution in [3.63, 3.8) is 0 Å². The number of unbranched alkanes of at least 4 members (excludes halogenated alkanes) is 5. The van der Waals surface area contributed by atoms with Crippen LogP contribution in [0.3, 0.4) is 0 Å². The van der Waals surface area contributed by atoms with E-state index in [4.69, 9.17) is 0 Å². The van der Waals surface area contributed by atoms with E-state index in [0.717, 1.165) is 25.3 Å². The van der Waals surface area contributed by atoms with Crippen LogP contribution in [-0.2, 0) is 13.1 Å². The Balaban J connectivity index is 2.07. The van der Waals surface area contributed by atoms with Crippen LogP contribution in [0.15, 0.2) is 12.3 Å². The van der Waals surface area contributed by atoms with Crippen LogP contribution >= 0.6 is 0 Å². The summed E-state index contributed by atoms with van der Waals surface area (Å²) in [4.78, 5) is 0. The summed E-state index contributed by atoms with van der Waals surface area (Å²) in [6.45, 7) is 7.49. The van der Waals surface area contributed by atoms with E-state index in [9.17, 15) is 0 Å². The molecule has 0 aromatic carbocycles. The SMILES string of the molecule is CCCCCCCCn1ccc(CNCCC)n1. The molecule has 0 spiro atoms. The molecule has 0 saturated heterocycles. The van der Waals surface area contributed by atoms with Crippen molar-refractivity contribution in [2.24, 2.45) is 0 Å². The van der Waals surface area contributed by atoms with Crippen molar-refractivity contribution in [2.75, 3.05) is 6.54 Å². The van der Waals surface area contributed by atoms with Crippen LogP contribution in [-0.4, -0.2) is 16.3 Å². The zero-order chi connectivity index (χ0) is 13.1. The van der Waals surface area contributed by atoms with Gasteiger partial charge in [-0.05, 0) is 25.5 Å². The molecule has 0 unspecified atom stereocenters. The van der Waals surface area contributed by atoms with Gasteiger partial charge in [0.25, 0.3) is 0 Å². The molecule has 0 saturated carbocycles. The van der Waals surface area contributed by atoms with Gasteiger partial charge in [-0.3, -0.25) is 4.68 Å². The molecular weight excluding hydrogens is 222 g/mol. The number of hydrogen-bond donors (Lipinski definition) is 1. The van der Waals surface area contributed by atoms with E-state index in [1.165, 1.54) is 44.9 Å². The normalized spacial score (nSPS) is 11.0. The molecule has 1 rings (SSSR count). The van der Waals surface area contributed by atoms with Crippen molar-refractivity contribution in [2.45, 2.75) is 71.9 Å². The number of aromatic nitrogens is 2. The Labute approximate surface area is 112 Å². The first-order chi connectivity index (χ1) is 8.86. The molecule has 1 aromatic heterocycles. The van der Waals surface area contributed by atoms with Crippen LogP contribution in [0, 0.1) is 0 Å². The lowest BCUT2D eigenvalue weighted by Gasteiger charge is -2.02. The molecule has 0 radical (unpaired) electrons. The first-order valence-corrected chi connectivity index (χ1v) is 7.59. The van der Waals surface area contributed by atoms with Crippen molar-refractivity contribution < 1.29 is 0 Å². The Morgan fingerprint density at radius 1 is 1.06 bits per heavy atom. The van der Waals surface area contributed by atoms with Crippen molar-refractivity contribution in [1.29, 1.82) is 0 Å². The van der Waals surface area contributed by atoms with Crippen LogP contribution in [0.2, 0.25) is 0 Å². The summed E-state index contributed by atoms with van der Waals surface area (Å²) in [5, 5.41) is 7.95. The Morgan fingerprint density at radius 3 is 2.61 bits per heavy atom. The maximum atomic E-state index is 4.57. The van der Waals surface area contributed by atoms with Gasteiger partial charge in [-0.2, -0.15) is 5.10 Å². The van der Waals surface area contributed by atoms with Gasteiger partial charge in [0.2, 0.25) is 0 Å². The van der Waals surface area contributed by atoms with Gasteiger partial charge < -0.3 is 5.32 Å². The number of hydrogen-bond acceptors (Lipinski definition) is 2. The molecule has 0 fully saturated rings. The topological polar surface area (TPSA) is 29.9 Å². The molecular formula is C15H29N3. The lowest BCUT2D eigenvalue weighted by Crippen LogP contribution is -2.14. The molecule has 1 aromatic rings. The van der Waals surface area contributed by atoms with E-state index >= 15 is 0 Å². The predicted molar refractivity (Wildman–Crippen MR) is 77.6 cm³/mol. The minimum absolute atomic E-state index is 0.900. The molecule has 0 amide bonds. The summed E-state index contributed by atoms with van der Waals surface area (Å²) >= 11 is 0. The third kappa shape index (κ3) is 6.80. The highest BCUT2D eigenvalue weighted by atomic mass is 15.3. The molecule has 3 nitrogen and oxygen atoms in total. The average Bonchev–Trinajstić information content (AvgIpc) is 2.82. The number of nitrogens with one attached hydrogen (secondary N) is 1. The summed E-state index contributed by atoms with van der Waals surface area (Å²) in [5.41, 5.74) is 1.16. The summed E-state index contributed by atoms with van der Waals surface area (Å²) < 4.78 is 2.09. The molecule has 18 heavy (non-hydrogen) atoms. The molecule has 1 N–H and O–H groups in total. The van der Waals surface area contributed by atoms with Gasteiger partial charge in [0.15, 0.2) is 0 Å². The fourth-order valence-corrected chi connectivity index (χ4v) is 2.07. The molecule has 0 atom stereocenters. The monoisotopic (exact) mass is 251 g/mol. The first kappa shape index (κ1) is 15.2. The molecule has 104 valence electrons. The standard InChI is InChI=1S/C15H29N3/c1-3-5-6-7-8-9-12-18-13-10-15(17-18)14-16-11-4-2/h10,13,16H,3-9,11-12,14H2,1-2H3. The van der Waals surface area contributed by atoms with Crippen LogP contribution < -0.4 is 5.32 Å². The van der Waals surface area contributed by atoms with Crippen molar-refractivity contribution in [1.82, 2.24) is 15.1 Å². The van der Waals surface area contributed by atoms with Gasteiger partial charge in [0, 0.05) is 19.3 Å². The first-order valence-electron chi connectivity index (χ1n) is 7.59. The highest BCUT2D eigenvalue weighted by molar-refractivity contribution is 4.98. The van der Waals surface area contributed by atoms with Gasteiger partial charge in [0.1, 0.15) is 0 Å². The van der Waals surface area contributed by atoms with E-state index in [1.54, 1.807) is 0 Å². The van der Waals surface area contributed by atoms with E-state index in [0.29, 0.717) is 0 Å². The Hall–Kier alpha value is -0.830. The second-order valence-corrected chi connectivity index (χ2v) is 5.01. The zero-order valence-electron chi connectivity index (χ0n) is 12.1. The van der Waals surface area contributed by atoms with Gasteiger partial charge in [0.05, 0.1) is 5.69 Å². The van der Waals surface area contributed by atoms with Gasteiger partial charge >= 0.3 is 0 Å². The van der Waals surface area contributed by atoms with E-state index in [-0.39, 0.29) is 0 Å². The smallest absolute Gasteiger partial charge is 0.0762 e. The van der Waals surface area contributed by atoms with Crippen LogP contribution in [0.1, 0.15) is 64.5 Å². The highest BCUT2D eigenvalue weighted by Gasteiger charge is 1.98. The second-order valence-electron chi connectivity index (χ2n) is 5.01. The van der Waals surface area contributed by atoms with E-state index in [1.807, 2.05) is 0 Å². The second kappa shape index (κ2) is 10.1. The minimum atomic E-state index is 0.900. The van der Waals surface area contributed by atoms with Gasteiger partial charge in [-0.1, -0.05) is 46.0 Å². The van der Waals surface area contributed by atoms with Crippen LogP contribution in [0.5, 0.6) is 0 Å². The maximum absolute atomic E-state index is 4.57. The largest absolute Gasteiger partial charge is 0.311 e. The molecule has 0 aliphatic carbocycles. The summed E-state index contributed by atoms with van der Waals surface area (Å²) in [7, 11) is 0. The Kier molecular flexibility index (Phi) is 8.57. The lowest BCUT2D eigenvalue weighted by atomic mass is 10.1. The van der Waals surface area contributed by atoms with Crippen molar-refractivity contribution in [3.05, 3.63) is 18.0 Å². The minimum Gasteiger partial charge on any atom is -0.311 e. The van der Waals surface area contributed by atoms with Crippen molar-refractivity contribution >= 4 is 0 Å². The quantitative estimate of drug-likeness (QED) is 0.607. The fraction of sp³-hybridized carbons (Fsp3) is 0.800. The fourth-order valence-electron chi connectivity index (χ4n) is 2.07. The van der Waals surface area contributed by atoms with E-state index in [2.05, 4.69) is 41.2 Å².